The van der Waals surface area contributed by atoms with E-state index < -0.39 is 11.9 Å². The Morgan fingerprint density at radius 1 is 1.64 bits per heavy atom. The topological polar surface area (TPSA) is 33.1 Å². The van der Waals surface area contributed by atoms with Crippen LogP contribution in [0.3, 0.4) is 0 Å². The molecule has 0 bridgehead atoms. The predicted molar refractivity (Wildman–Crippen MR) is 54.6 cm³/mol. The molecular weight excluding hydrogens is 201 g/mol. The summed E-state index contributed by atoms with van der Waals surface area (Å²) in [7, 11) is 0. The monoisotopic (exact) mass is 213 g/mol. The minimum absolute atomic E-state index is 0.192. The lowest BCUT2D eigenvalue weighted by Gasteiger charge is -2.17. The first-order valence-corrected chi connectivity index (χ1v) is 5.79. The third kappa shape index (κ3) is 1.91. The van der Waals surface area contributed by atoms with Crippen LogP contribution in [-0.2, 0) is 0 Å². The summed E-state index contributed by atoms with van der Waals surface area (Å²) in [5.74, 6) is 1.77. The van der Waals surface area contributed by atoms with E-state index in [0.29, 0.717) is 5.56 Å². The molecule has 1 fully saturated rings. The number of halogens is 1. The Kier molecular flexibility index (Phi) is 3.03. The highest BCUT2D eigenvalue weighted by atomic mass is 32.2. The molecule has 4 heteroatoms. The van der Waals surface area contributed by atoms with E-state index in [-0.39, 0.29) is 5.92 Å². The molecule has 1 N–H and O–H groups in total. The van der Waals surface area contributed by atoms with E-state index in [2.05, 4.69) is 4.98 Å². The summed E-state index contributed by atoms with van der Waals surface area (Å²) >= 11 is 1.81. The van der Waals surface area contributed by atoms with Gasteiger partial charge >= 0.3 is 0 Å². The van der Waals surface area contributed by atoms with Crippen LogP contribution in [-0.4, -0.2) is 21.6 Å². The Morgan fingerprint density at radius 2 is 2.50 bits per heavy atom. The van der Waals surface area contributed by atoms with Crippen LogP contribution in [0.1, 0.15) is 18.1 Å². The highest BCUT2D eigenvalue weighted by molar-refractivity contribution is 7.99. The van der Waals surface area contributed by atoms with E-state index in [1.165, 1.54) is 6.20 Å². The Morgan fingerprint density at radius 3 is 3.14 bits per heavy atom. The summed E-state index contributed by atoms with van der Waals surface area (Å²) in [6.07, 6.45) is 2.96. The zero-order valence-corrected chi connectivity index (χ0v) is 8.51. The van der Waals surface area contributed by atoms with Gasteiger partial charge in [-0.3, -0.25) is 4.98 Å². The van der Waals surface area contributed by atoms with Gasteiger partial charge in [-0.2, -0.15) is 11.8 Å². The number of pyridine rings is 1. The number of aliphatic hydroxyl groups excluding tert-OH is 1. The van der Waals surface area contributed by atoms with Gasteiger partial charge in [0.25, 0.3) is 0 Å². The van der Waals surface area contributed by atoms with Gasteiger partial charge < -0.3 is 5.11 Å². The minimum Gasteiger partial charge on any atom is -0.388 e. The molecule has 2 heterocycles. The van der Waals surface area contributed by atoms with Crippen LogP contribution in [0.2, 0.25) is 0 Å². The molecule has 2 unspecified atom stereocenters. The fourth-order valence-electron chi connectivity index (χ4n) is 1.68. The average molecular weight is 213 g/mol. The number of thioether (sulfide) groups is 1. The summed E-state index contributed by atoms with van der Waals surface area (Å²) in [4.78, 5) is 3.66. The standard InChI is InChI=1S/C10H12FNOS/c11-9-5-12-3-1-8(9)10(13)7-2-4-14-6-7/h1,3,5,7,10,13H,2,4,6H2. The van der Waals surface area contributed by atoms with Crippen LogP contribution < -0.4 is 0 Å². The van der Waals surface area contributed by atoms with Crippen molar-refractivity contribution in [2.24, 2.45) is 5.92 Å². The van der Waals surface area contributed by atoms with Crippen LogP contribution >= 0.6 is 11.8 Å². The normalized spacial score (nSPS) is 23.7. The van der Waals surface area contributed by atoms with Crippen LogP contribution in [0.4, 0.5) is 4.39 Å². The molecule has 0 amide bonds. The smallest absolute Gasteiger partial charge is 0.147 e. The van der Waals surface area contributed by atoms with E-state index in [1.54, 1.807) is 6.07 Å². The fraction of sp³-hybridized carbons (Fsp3) is 0.500. The molecule has 14 heavy (non-hydrogen) atoms. The third-order valence-electron chi connectivity index (χ3n) is 2.53. The van der Waals surface area contributed by atoms with Gasteiger partial charge in [-0.15, -0.1) is 0 Å². The Hall–Kier alpha value is -0.610. The van der Waals surface area contributed by atoms with Gasteiger partial charge in [-0.25, -0.2) is 4.39 Å². The molecule has 2 nitrogen and oxygen atoms in total. The van der Waals surface area contributed by atoms with Crippen molar-refractivity contribution in [3.63, 3.8) is 0 Å². The first-order valence-electron chi connectivity index (χ1n) is 4.64. The van der Waals surface area contributed by atoms with Gasteiger partial charge in [0, 0.05) is 11.8 Å². The highest BCUT2D eigenvalue weighted by Gasteiger charge is 2.26. The summed E-state index contributed by atoms with van der Waals surface area (Å²) < 4.78 is 13.3. The molecule has 0 aromatic carbocycles. The van der Waals surface area contributed by atoms with Crippen molar-refractivity contribution in [3.05, 3.63) is 29.8 Å². The molecule has 76 valence electrons. The molecule has 0 spiro atoms. The highest BCUT2D eigenvalue weighted by Crippen LogP contribution is 2.34. The van der Waals surface area contributed by atoms with Crippen molar-refractivity contribution in [2.75, 3.05) is 11.5 Å². The lowest BCUT2D eigenvalue weighted by Crippen LogP contribution is -2.13. The lowest BCUT2D eigenvalue weighted by atomic mass is 9.96. The maximum Gasteiger partial charge on any atom is 0.147 e. The van der Waals surface area contributed by atoms with Gasteiger partial charge in [0.15, 0.2) is 0 Å². The van der Waals surface area contributed by atoms with Crippen molar-refractivity contribution in [3.8, 4) is 0 Å². The van der Waals surface area contributed by atoms with E-state index in [9.17, 15) is 9.50 Å². The summed E-state index contributed by atoms with van der Waals surface area (Å²) in [5, 5.41) is 9.92. The number of aliphatic hydroxyl groups is 1. The van der Waals surface area contributed by atoms with Gasteiger partial charge in [0.1, 0.15) is 5.82 Å². The minimum atomic E-state index is -0.673. The van der Waals surface area contributed by atoms with Crippen molar-refractivity contribution in [1.82, 2.24) is 4.98 Å². The number of nitrogens with zero attached hydrogens (tertiary/aromatic N) is 1. The zero-order chi connectivity index (χ0) is 9.97. The van der Waals surface area contributed by atoms with E-state index in [0.717, 1.165) is 24.1 Å². The zero-order valence-electron chi connectivity index (χ0n) is 7.69. The molecular formula is C10H12FNOS. The van der Waals surface area contributed by atoms with Crippen LogP contribution in [0.5, 0.6) is 0 Å². The van der Waals surface area contributed by atoms with Gasteiger partial charge in [-0.05, 0) is 29.9 Å². The average Bonchev–Trinajstić information content (AvgIpc) is 2.70. The Balaban J connectivity index is 2.17. The quantitative estimate of drug-likeness (QED) is 0.815. The lowest BCUT2D eigenvalue weighted by molar-refractivity contribution is 0.117. The van der Waals surface area contributed by atoms with Crippen LogP contribution in [0.15, 0.2) is 18.5 Å². The third-order valence-corrected chi connectivity index (χ3v) is 3.72. The Bertz CT molecular complexity index is 315. The maximum absolute atomic E-state index is 13.3. The molecule has 1 aromatic heterocycles. The second-order valence-electron chi connectivity index (χ2n) is 3.47. The fourth-order valence-corrected chi connectivity index (χ4v) is 2.97. The number of hydrogen-bond donors (Lipinski definition) is 1. The summed E-state index contributed by atoms with van der Waals surface area (Å²) in [5.41, 5.74) is 0.382. The predicted octanol–water partition coefficient (Wildman–Crippen LogP) is 2.01. The SMILES string of the molecule is OC(c1ccncc1F)C1CCSC1. The molecule has 2 atom stereocenters. The van der Waals surface area contributed by atoms with Crippen molar-refractivity contribution < 1.29 is 9.50 Å². The van der Waals surface area contributed by atoms with Gasteiger partial charge in [-0.1, -0.05) is 0 Å². The second-order valence-corrected chi connectivity index (χ2v) is 4.62. The van der Waals surface area contributed by atoms with Crippen molar-refractivity contribution >= 4 is 11.8 Å². The van der Waals surface area contributed by atoms with Gasteiger partial charge in [0.2, 0.25) is 0 Å². The molecule has 0 radical (unpaired) electrons. The number of rotatable bonds is 2. The van der Waals surface area contributed by atoms with Crippen LogP contribution in [0, 0.1) is 11.7 Å². The van der Waals surface area contributed by atoms with Gasteiger partial charge in [0.05, 0.1) is 12.3 Å². The Labute approximate surface area is 86.6 Å². The number of hydrogen-bond acceptors (Lipinski definition) is 3. The van der Waals surface area contributed by atoms with E-state index in [4.69, 9.17) is 0 Å². The van der Waals surface area contributed by atoms with E-state index in [1.807, 2.05) is 11.8 Å². The largest absolute Gasteiger partial charge is 0.388 e. The molecule has 2 rings (SSSR count). The first-order chi connectivity index (χ1) is 6.79. The van der Waals surface area contributed by atoms with Crippen molar-refractivity contribution in [1.29, 1.82) is 0 Å². The maximum atomic E-state index is 13.3. The molecule has 1 aliphatic heterocycles. The summed E-state index contributed by atoms with van der Waals surface area (Å²) in [6, 6.07) is 1.56. The van der Waals surface area contributed by atoms with E-state index >= 15 is 0 Å². The molecule has 0 aliphatic carbocycles. The second kappa shape index (κ2) is 4.28. The molecule has 1 aromatic rings. The number of aromatic nitrogens is 1. The van der Waals surface area contributed by atoms with Crippen molar-refractivity contribution in [2.45, 2.75) is 12.5 Å². The first kappa shape index (κ1) is 9.93. The molecule has 1 aliphatic rings. The molecule has 0 saturated carbocycles. The molecule has 1 saturated heterocycles. The van der Waals surface area contributed by atoms with Crippen LogP contribution in [0.25, 0.3) is 0 Å². The summed E-state index contributed by atoms with van der Waals surface area (Å²) in [6.45, 7) is 0.